The third-order valence-electron chi connectivity index (χ3n) is 6.61. The van der Waals surface area contributed by atoms with Crippen molar-refractivity contribution in [3.8, 4) is 22.8 Å². The van der Waals surface area contributed by atoms with E-state index < -0.39 is 0 Å². The van der Waals surface area contributed by atoms with Gasteiger partial charge in [-0.15, -0.1) is 10.2 Å². The number of H-pyrrole nitrogens is 1. The van der Waals surface area contributed by atoms with Crippen molar-refractivity contribution >= 4 is 44.9 Å². The zero-order valence-electron chi connectivity index (χ0n) is 21.5. The Morgan fingerprint density at radius 1 is 0.775 bits per heavy atom. The minimum Gasteiger partial charge on any atom is -0.352 e. The van der Waals surface area contributed by atoms with E-state index in [1.807, 2.05) is 67.7 Å². The van der Waals surface area contributed by atoms with Gasteiger partial charge >= 0.3 is 0 Å². The summed E-state index contributed by atoms with van der Waals surface area (Å²) < 4.78 is 0. The van der Waals surface area contributed by atoms with Crippen LogP contribution in [0.15, 0.2) is 119 Å². The lowest BCUT2D eigenvalue weighted by atomic mass is 10.1. The first-order valence-electron chi connectivity index (χ1n) is 12.8. The maximum absolute atomic E-state index is 4.78. The van der Waals surface area contributed by atoms with Gasteiger partial charge < -0.3 is 10.3 Å². The van der Waals surface area contributed by atoms with Crippen molar-refractivity contribution < 1.29 is 0 Å². The van der Waals surface area contributed by atoms with E-state index in [2.05, 4.69) is 72.9 Å². The maximum Gasteiger partial charge on any atom is 0.177 e. The normalized spacial score (nSPS) is 11.2. The van der Waals surface area contributed by atoms with E-state index in [1.165, 1.54) is 0 Å². The Labute approximate surface area is 234 Å². The van der Waals surface area contributed by atoms with Crippen LogP contribution in [0, 0.1) is 6.92 Å². The monoisotopic (exact) mass is 537 g/mol. The van der Waals surface area contributed by atoms with Crippen LogP contribution in [0.4, 0.5) is 11.5 Å². The highest BCUT2D eigenvalue weighted by Gasteiger charge is 2.12. The van der Waals surface area contributed by atoms with Crippen molar-refractivity contribution in [1.82, 2.24) is 30.1 Å². The molecular weight excluding hydrogens is 514 g/mol. The molecule has 0 aliphatic heterocycles. The molecule has 0 atom stereocenters. The minimum absolute atomic E-state index is 0.676. The molecule has 7 nitrogen and oxygen atoms in total. The van der Waals surface area contributed by atoms with Crippen LogP contribution in [0.3, 0.4) is 0 Å². The highest BCUT2D eigenvalue weighted by atomic mass is 32.2. The molecule has 40 heavy (non-hydrogen) atoms. The Balaban J connectivity index is 1.11. The van der Waals surface area contributed by atoms with Crippen molar-refractivity contribution in [3.63, 3.8) is 0 Å². The predicted octanol–water partition coefficient (Wildman–Crippen LogP) is 7.83. The molecule has 8 heteroatoms. The summed E-state index contributed by atoms with van der Waals surface area (Å²) in [6.07, 6.45) is 3.64. The average molecular weight is 538 g/mol. The number of aromatic amines is 1. The van der Waals surface area contributed by atoms with E-state index in [-0.39, 0.29) is 0 Å². The third-order valence-corrected chi connectivity index (χ3v) is 7.56. The summed E-state index contributed by atoms with van der Waals surface area (Å²) in [7, 11) is 0. The molecule has 2 N–H and O–H groups in total. The quantitative estimate of drug-likeness (QED) is 0.209. The molecule has 0 aliphatic carbocycles. The van der Waals surface area contributed by atoms with Crippen molar-refractivity contribution in [2.24, 2.45) is 0 Å². The molecule has 0 aliphatic rings. The van der Waals surface area contributed by atoms with Gasteiger partial charge in [0.05, 0.1) is 5.69 Å². The number of nitrogens with zero attached hydrogens (tertiary/aromatic N) is 5. The minimum atomic E-state index is 0.676. The predicted molar refractivity (Wildman–Crippen MR) is 161 cm³/mol. The zero-order valence-corrected chi connectivity index (χ0v) is 22.4. The number of hydrogen-bond acceptors (Lipinski definition) is 7. The molecule has 0 amide bonds. The summed E-state index contributed by atoms with van der Waals surface area (Å²) in [4.78, 5) is 18.2. The maximum atomic E-state index is 4.78. The van der Waals surface area contributed by atoms with Crippen LogP contribution in [-0.2, 0) is 0 Å². The Morgan fingerprint density at radius 2 is 1.60 bits per heavy atom. The van der Waals surface area contributed by atoms with Crippen LogP contribution in [0.1, 0.15) is 5.69 Å². The fourth-order valence-corrected chi connectivity index (χ4v) is 5.38. The van der Waals surface area contributed by atoms with E-state index in [0.717, 1.165) is 59.9 Å². The third kappa shape index (κ3) is 4.76. The standard InChI is InChI=1S/C32H23N7S/c1-20-10-11-22(19-34-20)30-25-7-3-4-8-26(25)31(39-38-30)35-23-12-14-24(15-13-23)40-29-16-17-33-32(37-29)28-18-21-6-2-5-9-27(21)36-28/h2-19,36H,1H3,(H,35,39). The van der Waals surface area contributed by atoms with E-state index in [4.69, 9.17) is 4.98 Å². The van der Waals surface area contributed by atoms with Gasteiger partial charge in [-0.1, -0.05) is 54.2 Å². The molecule has 4 aromatic heterocycles. The molecule has 0 saturated heterocycles. The first-order chi connectivity index (χ1) is 19.7. The van der Waals surface area contributed by atoms with E-state index >= 15 is 0 Å². The van der Waals surface area contributed by atoms with Gasteiger partial charge in [0.15, 0.2) is 11.6 Å². The van der Waals surface area contributed by atoms with Gasteiger partial charge in [-0.05, 0) is 61.5 Å². The summed E-state index contributed by atoms with van der Waals surface area (Å²) in [6, 6.07) is 32.6. The van der Waals surface area contributed by atoms with Crippen molar-refractivity contribution in [3.05, 3.63) is 115 Å². The van der Waals surface area contributed by atoms with Gasteiger partial charge in [-0.3, -0.25) is 4.98 Å². The van der Waals surface area contributed by atoms with Crippen molar-refractivity contribution in [2.45, 2.75) is 16.8 Å². The van der Waals surface area contributed by atoms with Gasteiger partial charge in [0.1, 0.15) is 10.7 Å². The summed E-state index contributed by atoms with van der Waals surface area (Å²) in [5, 5.41) is 16.6. The number of para-hydroxylation sites is 1. The van der Waals surface area contributed by atoms with Gasteiger partial charge in [0.2, 0.25) is 0 Å². The van der Waals surface area contributed by atoms with Crippen LogP contribution >= 0.6 is 11.8 Å². The second-order valence-electron chi connectivity index (χ2n) is 9.37. The molecule has 0 bridgehead atoms. The number of benzene rings is 3. The van der Waals surface area contributed by atoms with Crippen LogP contribution in [0.5, 0.6) is 0 Å². The molecule has 4 heterocycles. The number of rotatable bonds is 6. The van der Waals surface area contributed by atoms with Crippen LogP contribution in [-0.4, -0.2) is 30.1 Å². The summed E-state index contributed by atoms with van der Waals surface area (Å²) in [5.41, 5.74) is 5.63. The zero-order chi connectivity index (χ0) is 26.9. The fourth-order valence-electron chi connectivity index (χ4n) is 4.60. The smallest absolute Gasteiger partial charge is 0.177 e. The highest BCUT2D eigenvalue weighted by Crippen LogP contribution is 2.33. The SMILES string of the molecule is Cc1ccc(-c2nnc(Nc3ccc(Sc4ccnc(-c5cc6ccccc6[nH]5)n4)cc3)c3ccccc23)cn1. The molecule has 0 spiro atoms. The summed E-state index contributed by atoms with van der Waals surface area (Å²) >= 11 is 1.59. The first kappa shape index (κ1) is 24.0. The Hall–Kier alpha value is -5.08. The Morgan fingerprint density at radius 3 is 2.42 bits per heavy atom. The molecule has 7 aromatic rings. The van der Waals surface area contributed by atoms with Gasteiger partial charge in [-0.25, -0.2) is 9.97 Å². The molecule has 0 fully saturated rings. The molecule has 0 radical (unpaired) electrons. The van der Waals surface area contributed by atoms with Crippen LogP contribution in [0.25, 0.3) is 44.5 Å². The molecule has 0 unspecified atom stereocenters. The second-order valence-corrected chi connectivity index (χ2v) is 10.5. The lowest BCUT2D eigenvalue weighted by molar-refractivity contribution is 1.05. The highest BCUT2D eigenvalue weighted by molar-refractivity contribution is 7.99. The number of aromatic nitrogens is 6. The Bertz CT molecular complexity index is 1930. The molecular formula is C32H23N7S. The first-order valence-corrected chi connectivity index (χ1v) is 13.7. The number of aryl methyl sites for hydroxylation is 1. The Kier molecular flexibility index (Phi) is 6.14. The number of hydrogen-bond donors (Lipinski definition) is 2. The summed E-state index contributed by atoms with van der Waals surface area (Å²) in [6.45, 7) is 1.97. The van der Waals surface area contributed by atoms with Crippen molar-refractivity contribution in [2.75, 3.05) is 5.32 Å². The van der Waals surface area contributed by atoms with Gasteiger partial charge in [-0.2, -0.15) is 0 Å². The van der Waals surface area contributed by atoms with E-state index in [0.29, 0.717) is 11.6 Å². The number of fused-ring (bicyclic) bond motifs is 2. The second kappa shape index (κ2) is 10.2. The number of anilines is 2. The molecule has 0 saturated carbocycles. The largest absolute Gasteiger partial charge is 0.352 e. The lowest BCUT2D eigenvalue weighted by Crippen LogP contribution is -1.99. The van der Waals surface area contributed by atoms with E-state index in [9.17, 15) is 0 Å². The topological polar surface area (TPSA) is 92.3 Å². The molecule has 3 aromatic carbocycles. The van der Waals surface area contributed by atoms with E-state index in [1.54, 1.807) is 18.0 Å². The summed E-state index contributed by atoms with van der Waals surface area (Å²) in [5.74, 6) is 1.38. The van der Waals surface area contributed by atoms with Crippen LogP contribution < -0.4 is 5.32 Å². The van der Waals surface area contributed by atoms with Gasteiger partial charge in [0.25, 0.3) is 0 Å². The van der Waals surface area contributed by atoms with Crippen LogP contribution in [0.2, 0.25) is 0 Å². The molecule has 192 valence electrons. The number of nitrogens with one attached hydrogen (secondary N) is 2. The van der Waals surface area contributed by atoms with Crippen molar-refractivity contribution in [1.29, 1.82) is 0 Å². The van der Waals surface area contributed by atoms with Gasteiger partial charge in [0, 0.05) is 55.9 Å². The number of pyridine rings is 1. The lowest BCUT2D eigenvalue weighted by Gasteiger charge is -2.11. The molecule has 7 rings (SSSR count). The average Bonchev–Trinajstić information content (AvgIpc) is 3.44. The fraction of sp³-hybridized carbons (Fsp3) is 0.0312.